The Morgan fingerprint density at radius 1 is 1.47 bits per heavy atom. The Labute approximate surface area is 109 Å². The minimum absolute atomic E-state index is 0.801. The summed E-state index contributed by atoms with van der Waals surface area (Å²) in [5.74, 6) is 2.94. The molecule has 0 aliphatic carbocycles. The zero-order chi connectivity index (χ0) is 11.1. The van der Waals surface area contributed by atoms with Crippen molar-refractivity contribution in [3.05, 3.63) is 5.82 Å². The van der Waals surface area contributed by atoms with Gasteiger partial charge in [0.05, 0.1) is 0 Å². The van der Waals surface area contributed by atoms with Gasteiger partial charge in [0.2, 0.25) is 0 Å². The first-order chi connectivity index (χ1) is 7.26. The summed E-state index contributed by atoms with van der Waals surface area (Å²) in [5.41, 5.74) is 0. The lowest BCUT2D eigenvalue weighted by Crippen LogP contribution is -1.96. The average Bonchev–Trinajstić information content (AvgIpc) is 2.66. The zero-order valence-corrected chi connectivity index (χ0v) is 12.4. The van der Waals surface area contributed by atoms with Crippen molar-refractivity contribution < 1.29 is 0 Å². The van der Waals surface area contributed by atoms with E-state index in [1.807, 2.05) is 11.8 Å². The Kier molecular flexibility index (Phi) is 6.84. The van der Waals surface area contributed by atoms with Crippen LogP contribution in [-0.4, -0.2) is 20.4 Å². The van der Waals surface area contributed by atoms with E-state index in [0.29, 0.717) is 0 Å². The summed E-state index contributed by atoms with van der Waals surface area (Å²) >= 11 is 6.84. The second-order valence-electron chi connectivity index (χ2n) is 3.55. The van der Waals surface area contributed by atoms with Gasteiger partial charge in [0.15, 0.2) is 4.34 Å². The largest absolute Gasteiger partial charge is 0.213 e. The first kappa shape index (κ1) is 13.5. The number of thioether (sulfide) groups is 1. The van der Waals surface area contributed by atoms with Gasteiger partial charge in [0.25, 0.3) is 0 Å². The van der Waals surface area contributed by atoms with Gasteiger partial charge in [-0.05, 0) is 30.3 Å². The Morgan fingerprint density at radius 3 is 2.87 bits per heavy atom. The standard InChI is InChI=1S/C10H17BrN2S2/c1-3-9-12-10(15-13-9)14-7-5-8(2)4-6-11/h8H,3-7H2,1-2H3. The lowest BCUT2D eigenvalue weighted by molar-refractivity contribution is 0.555. The number of nitrogens with zero attached hydrogens (tertiary/aromatic N) is 2. The van der Waals surface area contributed by atoms with Crippen LogP contribution in [0.2, 0.25) is 0 Å². The SMILES string of the molecule is CCc1nsc(SCCC(C)CCBr)n1. The van der Waals surface area contributed by atoms with Crippen LogP contribution in [0.25, 0.3) is 0 Å². The van der Waals surface area contributed by atoms with E-state index in [-0.39, 0.29) is 0 Å². The Balaban J connectivity index is 2.19. The summed E-state index contributed by atoms with van der Waals surface area (Å²) in [6.45, 7) is 4.40. The smallest absolute Gasteiger partial charge is 0.170 e. The van der Waals surface area contributed by atoms with Gasteiger partial charge in [0.1, 0.15) is 5.82 Å². The Morgan fingerprint density at radius 2 is 2.27 bits per heavy atom. The van der Waals surface area contributed by atoms with Crippen molar-refractivity contribution in [2.75, 3.05) is 11.1 Å². The highest BCUT2D eigenvalue weighted by atomic mass is 79.9. The van der Waals surface area contributed by atoms with Crippen LogP contribution in [0.1, 0.15) is 32.5 Å². The molecule has 0 amide bonds. The number of hydrogen-bond acceptors (Lipinski definition) is 4. The van der Waals surface area contributed by atoms with Gasteiger partial charge in [-0.1, -0.05) is 41.5 Å². The molecule has 1 aromatic heterocycles. The van der Waals surface area contributed by atoms with Crippen molar-refractivity contribution in [2.24, 2.45) is 5.92 Å². The van der Waals surface area contributed by atoms with Crippen LogP contribution in [0.3, 0.4) is 0 Å². The van der Waals surface area contributed by atoms with Gasteiger partial charge in [-0.15, -0.1) is 0 Å². The lowest BCUT2D eigenvalue weighted by atomic mass is 10.1. The number of aromatic nitrogens is 2. The third-order valence-corrected chi connectivity index (χ3v) is 4.57. The summed E-state index contributed by atoms with van der Waals surface area (Å²) in [6, 6.07) is 0. The molecular weight excluding hydrogens is 292 g/mol. The first-order valence-electron chi connectivity index (χ1n) is 5.27. The van der Waals surface area contributed by atoms with Crippen molar-refractivity contribution in [2.45, 2.75) is 37.4 Å². The molecule has 1 aromatic rings. The van der Waals surface area contributed by atoms with Gasteiger partial charge in [-0.2, -0.15) is 4.37 Å². The second kappa shape index (κ2) is 7.63. The predicted molar refractivity (Wildman–Crippen MR) is 72.2 cm³/mol. The van der Waals surface area contributed by atoms with Crippen LogP contribution in [0, 0.1) is 5.92 Å². The zero-order valence-electron chi connectivity index (χ0n) is 9.20. The van der Waals surface area contributed by atoms with E-state index in [0.717, 1.165) is 33.6 Å². The fourth-order valence-electron chi connectivity index (χ4n) is 1.12. The lowest BCUT2D eigenvalue weighted by Gasteiger charge is -2.06. The summed E-state index contributed by atoms with van der Waals surface area (Å²) in [4.78, 5) is 4.43. The highest BCUT2D eigenvalue weighted by molar-refractivity contribution is 9.09. The van der Waals surface area contributed by atoms with E-state index in [1.165, 1.54) is 24.4 Å². The van der Waals surface area contributed by atoms with Crippen LogP contribution in [0.15, 0.2) is 4.34 Å². The van der Waals surface area contributed by atoms with E-state index >= 15 is 0 Å². The van der Waals surface area contributed by atoms with E-state index in [4.69, 9.17) is 0 Å². The molecular formula is C10H17BrN2S2. The van der Waals surface area contributed by atoms with E-state index in [9.17, 15) is 0 Å². The van der Waals surface area contributed by atoms with Crippen molar-refractivity contribution in [3.63, 3.8) is 0 Å². The van der Waals surface area contributed by atoms with Crippen molar-refractivity contribution in [1.29, 1.82) is 0 Å². The van der Waals surface area contributed by atoms with Gasteiger partial charge >= 0.3 is 0 Å². The predicted octanol–water partition coefficient (Wildman–Crippen LogP) is 4.00. The van der Waals surface area contributed by atoms with Crippen molar-refractivity contribution >= 4 is 39.2 Å². The molecule has 1 rings (SSSR count). The summed E-state index contributed by atoms with van der Waals surface area (Å²) in [5, 5.41) is 1.11. The number of aryl methyl sites for hydroxylation is 1. The summed E-state index contributed by atoms with van der Waals surface area (Å²) < 4.78 is 5.39. The monoisotopic (exact) mass is 308 g/mol. The normalized spacial score (nSPS) is 13.0. The fourth-order valence-corrected chi connectivity index (χ4v) is 3.84. The van der Waals surface area contributed by atoms with Crippen LogP contribution in [0.4, 0.5) is 0 Å². The van der Waals surface area contributed by atoms with Crippen LogP contribution in [0.5, 0.6) is 0 Å². The molecule has 0 aliphatic rings. The minimum atomic E-state index is 0.801. The second-order valence-corrected chi connectivity index (χ2v) is 6.44. The molecule has 0 aromatic carbocycles. The molecule has 0 spiro atoms. The van der Waals surface area contributed by atoms with Crippen molar-refractivity contribution in [1.82, 2.24) is 9.36 Å². The minimum Gasteiger partial charge on any atom is -0.213 e. The van der Waals surface area contributed by atoms with E-state index < -0.39 is 0 Å². The Bertz CT molecular complexity index is 278. The van der Waals surface area contributed by atoms with Crippen LogP contribution < -0.4 is 0 Å². The molecule has 0 saturated carbocycles. The van der Waals surface area contributed by atoms with E-state index in [1.54, 1.807) is 0 Å². The van der Waals surface area contributed by atoms with Gasteiger partial charge in [-0.3, -0.25) is 0 Å². The number of halogens is 1. The number of rotatable bonds is 7. The maximum absolute atomic E-state index is 4.43. The van der Waals surface area contributed by atoms with E-state index in [2.05, 4.69) is 39.1 Å². The molecule has 0 radical (unpaired) electrons. The molecule has 5 heteroatoms. The molecule has 1 heterocycles. The quantitative estimate of drug-likeness (QED) is 0.562. The first-order valence-corrected chi connectivity index (χ1v) is 8.15. The van der Waals surface area contributed by atoms with Gasteiger partial charge in [0, 0.05) is 17.5 Å². The molecule has 1 atom stereocenters. The third kappa shape index (κ3) is 5.31. The number of hydrogen-bond donors (Lipinski definition) is 0. The molecule has 0 saturated heterocycles. The molecule has 0 N–H and O–H groups in total. The molecule has 0 aliphatic heterocycles. The summed E-state index contributed by atoms with van der Waals surface area (Å²) in [6.07, 6.45) is 3.46. The molecule has 15 heavy (non-hydrogen) atoms. The average molecular weight is 309 g/mol. The van der Waals surface area contributed by atoms with Crippen molar-refractivity contribution in [3.8, 4) is 0 Å². The molecule has 0 fully saturated rings. The van der Waals surface area contributed by atoms with Gasteiger partial charge < -0.3 is 0 Å². The van der Waals surface area contributed by atoms with Gasteiger partial charge in [-0.25, -0.2) is 4.98 Å². The summed E-state index contributed by atoms with van der Waals surface area (Å²) in [7, 11) is 0. The van der Waals surface area contributed by atoms with Crippen LogP contribution in [-0.2, 0) is 6.42 Å². The maximum atomic E-state index is 4.43. The molecule has 2 nitrogen and oxygen atoms in total. The molecule has 86 valence electrons. The topological polar surface area (TPSA) is 25.8 Å². The highest BCUT2D eigenvalue weighted by Gasteiger charge is 2.05. The van der Waals surface area contributed by atoms with Crippen LogP contribution >= 0.6 is 39.2 Å². The molecule has 1 unspecified atom stereocenters. The maximum Gasteiger partial charge on any atom is 0.170 e. The Hall–Kier alpha value is 0.390. The molecule has 0 bridgehead atoms. The fraction of sp³-hybridized carbons (Fsp3) is 0.800. The number of alkyl halides is 1. The third-order valence-electron chi connectivity index (χ3n) is 2.20. The highest BCUT2D eigenvalue weighted by Crippen LogP contribution is 2.23.